The summed E-state index contributed by atoms with van der Waals surface area (Å²) >= 11 is 6.10. The number of halogens is 1. The summed E-state index contributed by atoms with van der Waals surface area (Å²) in [6.45, 7) is 0. The van der Waals surface area contributed by atoms with Crippen LogP contribution in [-0.4, -0.2) is 22.7 Å². The number of hydrogen-bond donors (Lipinski definition) is 1. The van der Waals surface area contributed by atoms with Crippen LogP contribution in [0.25, 0.3) is 0 Å². The van der Waals surface area contributed by atoms with Crippen molar-refractivity contribution in [1.82, 2.24) is 0 Å². The van der Waals surface area contributed by atoms with Gasteiger partial charge in [0.15, 0.2) is 5.75 Å². The lowest BCUT2D eigenvalue weighted by molar-refractivity contribution is -0.385. The van der Waals surface area contributed by atoms with Gasteiger partial charge in [0.2, 0.25) is 0 Å². The number of nitro benzene ring substituents is 2. The van der Waals surface area contributed by atoms with Crippen LogP contribution in [0.3, 0.4) is 0 Å². The maximum atomic E-state index is 11.4. The number of ether oxygens (including phenoxy) is 1. The van der Waals surface area contributed by atoms with Crippen molar-refractivity contribution in [2.24, 2.45) is 5.10 Å². The van der Waals surface area contributed by atoms with Crippen molar-refractivity contribution < 1.29 is 14.6 Å². The Morgan fingerprint density at radius 1 is 0.967 bits per heavy atom. The SMILES string of the molecule is COc1ccc(/C(=N\Nc2ccc([N+](=O)[O-])cc2)c2cccc(Cl)c2)cc1[N+](=O)[O-]. The Morgan fingerprint density at radius 2 is 1.67 bits per heavy atom. The van der Waals surface area contributed by atoms with Gasteiger partial charge < -0.3 is 4.74 Å². The van der Waals surface area contributed by atoms with Crippen molar-refractivity contribution in [3.63, 3.8) is 0 Å². The quantitative estimate of drug-likeness (QED) is 0.321. The number of nitrogens with one attached hydrogen (secondary N) is 1. The van der Waals surface area contributed by atoms with Gasteiger partial charge in [-0.3, -0.25) is 25.7 Å². The first-order chi connectivity index (χ1) is 14.4. The van der Waals surface area contributed by atoms with Crippen molar-refractivity contribution in [2.75, 3.05) is 12.5 Å². The molecule has 10 heteroatoms. The van der Waals surface area contributed by atoms with Crippen LogP contribution in [0.5, 0.6) is 5.75 Å². The van der Waals surface area contributed by atoms with E-state index in [0.29, 0.717) is 27.5 Å². The minimum absolute atomic E-state index is 0.0506. The first-order valence-corrected chi connectivity index (χ1v) is 8.93. The summed E-state index contributed by atoms with van der Waals surface area (Å²) in [4.78, 5) is 21.2. The Morgan fingerprint density at radius 3 is 2.27 bits per heavy atom. The van der Waals surface area contributed by atoms with Crippen LogP contribution in [0, 0.1) is 20.2 Å². The molecule has 0 aliphatic rings. The third kappa shape index (κ3) is 4.70. The molecular formula is C20H15ClN4O5. The molecule has 0 spiro atoms. The summed E-state index contributed by atoms with van der Waals surface area (Å²) < 4.78 is 5.05. The van der Waals surface area contributed by atoms with Crippen molar-refractivity contribution >= 4 is 34.4 Å². The van der Waals surface area contributed by atoms with Gasteiger partial charge in [0.05, 0.1) is 28.4 Å². The highest BCUT2D eigenvalue weighted by molar-refractivity contribution is 6.31. The van der Waals surface area contributed by atoms with Gasteiger partial charge in [0.25, 0.3) is 5.69 Å². The largest absolute Gasteiger partial charge is 0.490 e. The zero-order valence-corrected chi connectivity index (χ0v) is 16.4. The van der Waals surface area contributed by atoms with E-state index in [4.69, 9.17) is 16.3 Å². The van der Waals surface area contributed by atoms with Gasteiger partial charge in [0.1, 0.15) is 0 Å². The Bertz CT molecular complexity index is 1130. The average Bonchev–Trinajstić information content (AvgIpc) is 2.74. The third-order valence-corrected chi connectivity index (χ3v) is 4.36. The van der Waals surface area contributed by atoms with Crippen LogP contribution in [0.15, 0.2) is 71.8 Å². The molecule has 0 bridgehead atoms. The molecular weight excluding hydrogens is 412 g/mol. The summed E-state index contributed by atoms with van der Waals surface area (Å²) in [6.07, 6.45) is 0. The van der Waals surface area contributed by atoms with E-state index in [1.54, 1.807) is 30.3 Å². The highest BCUT2D eigenvalue weighted by atomic mass is 35.5. The molecule has 3 rings (SSSR count). The summed E-state index contributed by atoms with van der Waals surface area (Å²) in [5.41, 5.74) is 4.54. The molecule has 152 valence electrons. The number of hydrogen-bond acceptors (Lipinski definition) is 7. The second-order valence-electron chi connectivity index (χ2n) is 6.03. The van der Waals surface area contributed by atoms with Crippen molar-refractivity contribution in [3.05, 3.63) is 103 Å². The monoisotopic (exact) mass is 426 g/mol. The molecule has 30 heavy (non-hydrogen) atoms. The predicted molar refractivity (Wildman–Crippen MR) is 113 cm³/mol. The fraction of sp³-hybridized carbons (Fsp3) is 0.0500. The van der Waals surface area contributed by atoms with Gasteiger partial charge in [-0.15, -0.1) is 0 Å². The van der Waals surface area contributed by atoms with Crippen molar-refractivity contribution in [3.8, 4) is 5.75 Å². The van der Waals surface area contributed by atoms with Crippen molar-refractivity contribution in [1.29, 1.82) is 0 Å². The second-order valence-corrected chi connectivity index (χ2v) is 6.47. The minimum atomic E-state index is -0.540. The summed E-state index contributed by atoms with van der Waals surface area (Å²) in [5, 5.41) is 27.1. The summed E-state index contributed by atoms with van der Waals surface area (Å²) in [6, 6.07) is 17.1. The predicted octanol–water partition coefficient (Wildman–Crippen LogP) is 5.03. The van der Waals surface area contributed by atoms with Gasteiger partial charge in [0, 0.05) is 34.3 Å². The molecule has 3 aromatic carbocycles. The average molecular weight is 427 g/mol. The Balaban J connectivity index is 2.05. The molecule has 0 amide bonds. The maximum absolute atomic E-state index is 11.4. The third-order valence-electron chi connectivity index (χ3n) is 4.12. The Labute approximate surface area is 175 Å². The van der Waals surface area contributed by atoms with Crippen LogP contribution < -0.4 is 10.2 Å². The molecule has 0 radical (unpaired) electrons. The standard InChI is InChI=1S/C20H15ClN4O5/c1-30-19-10-5-14(12-18(19)25(28)29)20(13-3-2-4-15(21)11-13)23-22-16-6-8-17(9-7-16)24(26)27/h2-12,22H,1H3/b23-20-. The van der Waals surface area contributed by atoms with Gasteiger partial charge in [-0.05, 0) is 36.4 Å². The van der Waals surface area contributed by atoms with Crippen LogP contribution in [0.4, 0.5) is 17.1 Å². The van der Waals surface area contributed by atoms with E-state index in [2.05, 4.69) is 10.5 Å². The van der Waals surface area contributed by atoms with E-state index in [1.165, 1.54) is 43.5 Å². The van der Waals surface area contributed by atoms with Crippen LogP contribution >= 0.6 is 11.6 Å². The number of nitro groups is 2. The molecule has 3 aromatic rings. The van der Waals surface area contributed by atoms with Crippen LogP contribution in [0.1, 0.15) is 11.1 Å². The fourth-order valence-electron chi connectivity index (χ4n) is 2.69. The number of non-ortho nitro benzene ring substituents is 1. The van der Waals surface area contributed by atoms with Gasteiger partial charge in [-0.1, -0.05) is 23.7 Å². The lowest BCUT2D eigenvalue weighted by atomic mass is 10.0. The number of anilines is 1. The van der Waals surface area contributed by atoms with E-state index in [-0.39, 0.29) is 17.1 Å². The molecule has 0 heterocycles. The number of hydrazone groups is 1. The van der Waals surface area contributed by atoms with E-state index in [0.717, 1.165) is 0 Å². The van der Waals surface area contributed by atoms with Crippen LogP contribution in [0.2, 0.25) is 5.02 Å². The first-order valence-electron chi connectivity index (χ1n) is 8.56. The molecule has 1 N–H and O–H groups in total. The normalized spacial score (nSPS) is 11.1. The molecule has 0 saturated heterocycles. The lowest BCUT2D eigenvalue weighted by Crippen LogP contribution is -2.08. The minimum Gasteiger partial charge on any atom is -0.490 e. The Hall–Kier alpha value is -3.98. The topological polar surface area (TPSA) is 120 Å². The molecule has 0 aliphatic heterocycles. The molecule has 0 unspecified atom stereocenters. The molecule has 0 fully saturated rings. The summed E-state index contributed by atoms with van der Waals surface area (Å²) in [7, 11) is 1.35. The molecule has 0 aliphatic carbocycles. The number of benzene rings is 3. The highest BCUT2D eigenvalue weighted by Crippen LogP contribution is 2.29. The maximum Gasteiger partial charge on any atom is 0.311 e. The number of methoxy groups -OCH3 is 1. The molecule has 9 nitrogen and oxygen atoms in total. The number of nitrogens with zero attached hydrogens (tertiary/aromatic N) is 3. The Kier molecular flexibility index (Phi) is 6.23. The highest BCUT2D eigenvalue weighted by Gasteiger charge is 2.18. The van der Waals surface area contributed by atoms with Gasteiger partial charge in [-0.2, -0.15) is 5.10 Å². The number of rotatable bonds is 7. The van der Waals surface area contributed by atoms with E-state index >= 15 is 0 Å². The fourth-order valence-corrected chi connectivity index (χ4v) is 2.88. The van der Waals surface area contributed by atoms with E-state index < -0.39 is 9.85 Å². The van der Waals surface area contributed by atoms with E-state index in [9.17, 15) is 20.2 Å². The second kappa shape index (κ2) is 9.01. The molecule has 0 atom stereocenters. The molecule has 0 saturated carbocycles. The zero-order valence-electron chi connectivity index (χ0n) is 15.6. The first kappa shape index (κ1) is 20.7. The van der Waals surface area contributed by atoms with Crippen LogP contribution in [-0.2, 0) is 0 Å². The molecule has 0 aromatic heterocycles. The van der Waals surface area contributed by atoms with Gasteiger partial charge >= 0.3 is 5.69 Å². The van der Waals surface area contributed by atoms with Gasteiger partial charge in [-0.25, -0.2) is 0 Å². The van der Waals surface area contributed by atoms with Crippen molar-refractivity contribution in [2.45, 2.75) is 0 Å². The summed E-state index contributed by atoms with van der Waals surface area (Å²) in [5.74, 6) is 0.123. The smallest absolute Gasteiger partial charge is 0.311 e. The lowest BCUT2D eigenvalue weighted by Gasteiger charge is -2.10. The van der Waals surface area contributed by atoms with E-state index in [1.807, 2.05) is 0 Å². The zero-order chi connectivity index (χ0) is 21.7.